The van der Waals surface area contributed by atoms with Crippen molar-refractivity contribution in [1.82, 2.24) is 5.32 Å². The molecule has 0 aromatic carbocycles. The number of hydrogen-bond donors (Lipinski definition) is 2. The molecule has 0 radical (unpaired) electrons. The molecular weight excluding hydrogens is 180 g/mol. The van der Waals surface area contributed by atoms with E-state index < -0.39 is 6.04 Å². The van der Waals surface area contributed by atoms with Crippen LogP contribution < -0.4 is 5.32 Å². The molecule has 0 aromatic heterocycles. The molecule has 78 valence electrons. The Morgan fingerprint density at radius 1 is 1.71 bits per heavy atom. The van der Waals surface area contributed by atoms with E-state index in [9.17, 15) is 4.79 Å². The van der Waals surface area contributed by atoms with Crippen LogP contribution in [0.3, 0.4) is 0 Å². The van der Waals surface area contributed by atoms with Crippen LogP contribution in [-0.4, -0.2) is 36.9 Å². The Kier molecular flexibility index (Phi) is 6.32. The SMILES string of the molecule is C=C/C=C(\C=NC)C(CO)NC(C)=O. The average Bonchev–Trinajstić information content (AvgIpc) is 2.13. The quantitative estimate of drug-likeness (QED) is 0.490. The Hall–Kier alpha value is -1.42. The first-order valence-electron chi connectivity index (χ1n) is 4.28. The number of aliphatic imine (C=N–C) groups is 1. The van der Waals surface area contributed by atoms with Crippen molar-refractivity contribution in [2.75, 3.05) is 13.7 Å². The largest absolute Gasteiger partial charge is 0.394 e. The van der Waals surface area contributed by atoms with Gasteiger partial charge in [0.25, 0.3) is 0 Å². The summed E-state index contributed by atoms with van der Waals surface area (Å²) in [6.07, 6.45) is 4.86. The number of aliphatic hydroxyl groups is 1. The van der Waals surface area contributed by atoms with E-state index in [0.29, 0.717) is 0 Å². The fraction of sp³-hybridized carbons (Fsp3) is 0.400. The molecule has 2 N–H and O–H groups in total. The first-order chi connectivity index (χ1) is 6.65. The molecule has 0 rings (SSSR count). The second-order valence-electron chi connectivity index (χ2n) is 2.73. The highest BCUT2D eigenvalue weighted by Crippen LogP contribution is 1.99. The summed E-state index contributed by atoms with van der Waals surface area (Å²) in [5.74, 6) is -0.191. The van der Waals surface area contributed by atoms with Gasteiger partial charge in [-0.2, -0.15) is 0 Å². The molecule has 1 atom stereocenters. The summed E-state index contributed by atoms with van der Waals surface area (Å²) in [5, 5.41) is 11.7. The number of hydrogen-bond acceptors (Lipinski definition) is 3. The molecule has 0 fully saturated rings. The maximum atomic E-state index is 10.8. The standard InChI is InChI=1S/C10H16N2O2/c1-4-5-9(6-11-3)10(7-13)12-8(2)14/h4-6,10,13H,1,7H2,2-3H3,(H,12,14)/b9-5+,11-6?. The van der Waals surface area contributed by atoms with Crippen molar-refractivity contribution >= 4 is 12.1 Å². The second kappa shape index (κ2) is 7.03. The van der Waals surface area contributed by atoms with Gasteiger partial charge in [0, 0.05) is 20.2 Å². The number of nitrogens with one attached hydrogen (secondary N) is 1. The molecule has 14 heavy (non-hydrogen) atoms. The zero-order valence-corrected chi connectivity index (χ0v) is 8.53. The normalized spacial score (nSPS) is 14.1. The van der Waals surface area contributed by atoms with Crippen molar-refractivity contribution in [2.45, 2.75) is 13.0 Å². The molecule has 0 saturated heterocycles. The highest BCUT2D eigenvalue weighted by atomic mass is 16.3. The van der Waals surface area contributed by atoms with Gasteiger partial charge in [-0.15, -0.1) is 0 Å². The number of aliphatic hydroxyl groups excluding tert-OH is 1. The fourth-order valence-corrected chi connectivity index (χ4v) is 1.01. The van der Waals surface area contributed by atoms with Gasteiger partial charge in [-0.1, -0.05) is 18.7 Å². The highest BCUT2D eigenvalue weighted by molar-refractivity contribution is 5.83. The molecule has 0 aromatic rings. The van der Waals surface area contributed by atoms with Crippen LogP contribution in [0.4, 0.5) is 0 Å². The Morgan fingerprint density at radius 3 is 2.71 bits per heavy atom. The van der Waals surface area contributed by atoms with Crippen LogP contribution in [0.15, 0.2) is 29.3 Å². The predicted molar refractivity (Wildman–Crippen MR) is 57.4 cm³/mol. The van der Waals surface area contributed by atoms with E-state index >= 15 is 0 Å². The van der Waals surface area contributed by atoms with E-state index in [1.165, 1.54) is 6.92 Å². The molecule has 0 bridgehead atoms. The van der Waals surface area contributed by atoms with Crippen LogP contribution in [0.2, 0.25) is 0 Å². The van der Waals surface area contributed by atoms with Gasteiger partial charge in [0.1, 0.15) is 0 Å². The predicted octanol–water partition coefficient (Wildman–Crippen LogP) is 0.296. The van der Waals surface area contributed by atoms with Gasteiger partial charge in [-0.05, 0) is 5.57 Å². The van der Waals surface area contributed by atoms with Crippen molar-refractivity contribution in [3.63, 3.8) is 0 Å². The Morgan fingerprint density at radius 2 is 2.36 bits per heavy atom. The summed E-state index contributed by atoms with van der Waals surface area (Å²) in [6.45, 7) is 4.78. The molecular formula is C10H16N2O2. The van der Waals surface area contributed by atoms with E-state index in [0.717, 1.165) is 5.57 Å². The minimum atomic E-state index is -0.422. The van der Waals surface area contributed by atoms with Crippen LogP contribution in [-0.2, 0) is 4.79 Å². The summed E-state index contributed by atoms with van der Waals surface area (Å²) in [4.78, 5) is 14.6. The van der Waals surface area contributed by atoms with Crippen molar-refractivity contribution in [1.29, 1.82) is 0 Å². The lowest BCUT2D eigenvalue weighted by Gasteiger charge is -2.15. The van der Waals surface area contributed by atoms with E-state index in [1.807, 2.05) is 0 Å². The third kappa shape index (κ3) is 4.57. The lowest BCUT2D eigenvalue weighted by atomic mass is 10.1. The van der Waals surface area contributed by atoms with Crippen molar-refractivity contribution in [3.05, 3.63) is 24.3 Å². The van der Waals surface area contributed by atoms with Crippen LogP contribution in [0, 0.1) is 0 Å². The molecule has 0 heterocycles. The average molecular weight is 196 g/mol. The molecule has 0 aliphatic heterocycles. The first-order valence-corrected chi connectivity index (χ1v) is 4.28. The zero-order chi connectivity index (χ0) is 11.0. The van der Waals surface area contributed by atoms with Gasteiger partial charge >= 0.3 is 0 Å². The zero-order valence-electron chi connectivity index (χ0n) is 8.53. The second-order valence-corrected chi connectivity index (χ2v) is 2.73. The summed E-state index contributed by atoms with van der Waals surface area (Å²) in [5.41, 5.74) is 0.722. The lowest BCUT2D eigenvalue weighted by molar-refractivity contribution is -0.119. The minimum Gasteiger partial charge on any atom is -0.394 e. The van der Waals surface area contributed by atoms with Crippen molar-refractivity contribution in [2.24, 2.45) is 4.99 Å². The number of rotatable bonds is 5. The molecule has 0 spiro atoms. The Bertz CT molecular complexity index is 257. The summed E-state index contributed by atoms with van der Waals surface area (Å²) in [6, 6.07) is -0.422. The monoisotopic (exact) mass is 196 g/mol. The number of carbonyl (C=O) groups is 1. The summed E-state index contributed by atoms with van der Waals surface area (Å²) >= 11 is 0. The third-order valence-corrected chi connectivity index (χ3v) is 1.55. The summed E-state index contributed by atoms with van der Waals surface area (Å²) < 4.78 is 0. The van der Waals surface area contributed by atoms with Crippen LogP contribution >= 0.6 is 0 Å². The van der Waals surface area contributed by atoms with Crippen LogP contribution in [0.1, 0.15) is 6.92 Å². The van der Waals surface area contributed by atoms with Gasteiger partial charge in [-0.3, -0.25) is 9.79 Å². The maximum absolute atomic E-state index is 10.8. The van der Waals surface area contributed by atoms with Gasteiger partial charge in [-0.25, -0.2) is 0 Å². The topological polar surface area (TPSA) is 61.7 Å². The van der Waals surface area contributed by atoms with Crippen LogP contribution in [0.25, 0.3) is 0 Å². The van der Waals surface area contributed by atoms with E-state index in [2.05, 4.69) is 16.9 Å². The molecule has 0 saturated carbocycles. The smallest absolute Gasteiger partial charge is 0.217 e. The minimum absolute atomic E-state index is 0.161. The van der Waals surface area contributed by atoms with Gasteiger partial charge < -0.3 is 10.4 Å². The van der Waals surface area contributed by atoms with E-state index in [1.54, 1.807) is 25.4 Å². The van der Waals surface area contributed by atoms with Gasteiger partial charge in [0.05, 0.1) is 12.6 Å². The molecule has 1 amide bonds. The lowest BCUT2D eigenvalue weighted by Crippen LogP contribution is -2.38. The first kappa shape index (κ1) is 12.6. The molecule has 4 heteroatoms. The Balaban J connectivity index is 4.66. The molecule has 0 aliphatic rings. The van der Waals surface area contributed by atoms with E-state index in [4.69, 9.17) is 5.11 Å². The number of amides is 1. The van der Waals surface area contributed by atoms with Gasteiger partial charge in [0.15, 0.2) is 0 Å². The number of nitrogens with zero attached hydrogens (tertiary/aromatic N) is 1. The highest BCUT2D eigenvalue weighted by Gasteiger charge is 2.11. The third-order valence-electron chi connectivity index (χ3n) is 1.55. The summed E-state index contributed by atoms with van der Waals surface area (Å²) in [7, 11) is 1.62. The van der Waals surface area contributed by atoms with Crippen molar-refractivity contribution < 1.29 is 9.90 Å². The van der Waals surface area contributed by atoms with Gasteiger partial charge in [0.2, 0.25) is 5.91 Å². The maximum Gasteiger partial charge on any atom is 0.217 e. The number of carbonyl (C=O) groups excluding carboxylic acids is 1. The van der Waals surface area contributed by atoms with Crippen LogP contribution in [0.5, 0.6) is 0 Å². The fourth-order valence-electron chi connectivity index (χ4n) is 1.01. The number of allylic oxidation sites excluding steroid dienone is 2. The molecule has 0 aliphatic carbocycles. The van der Waals surface area contributed by atoms with E-state index in [-0.39, 0.29) is 12.5 Å². The van der Waals surface area contributed by atoms with Crippen molar-refractivity contribution in [3.8, 4) is 0 Å². The molecule has 1 unspecified atom stereocenters. The Labute approximate surface area is 84.0 Å². The molecule has 4 nitrogen and oxygen atoms in total.